The van der Waals surface area contributed by atoms with Gasteiger partial charge in [0.25, 0.3) is 0 Å². The molecule has 2 aromatic rings. The zero-order valence-corrected chi connectivity index (χ0v) is 12.5. The number of halogens is 1. The molecule has 2 rings (SSSR count). The Morgan fingerprint density at radius 3 is 2.89 bits per heavy atom. The van der Waals surface area contributed by atoms with Crippen LogP contribution in [0.1, 0.15) is 12.5 Å². The number of amides is 1. The fourth-order valence-electron chi connectivity index (χ4n) is 1.95. The van der Waals surface area contributed by atoms with Crippen molar-refractivity contribution in [1.29, 1.82) is 0 Å². The van der Waals surface area contributed by atoms with Crippen LogP contribution in [0.5, 0.6) is 0 Å². The van der Waals surface area contributed by atoms with E-state index in [-0.39, 0.29) is 11.9 Å². The molecule has 1 aromatic carbocycles. The third-order valence-electron chi connectivity index (χ3n) is 3.29. The van der Waals surface area contributed by atoms with Gasteiger partial charge in [-0.2, -0.15) is 0 Å². The smallest absolute Gasteiger partial charge is 0.234 e. The van der Waals surface area contributed by atoms with Crippen molar-refractivity contribution in [3.05, 3.63) is 40.5 Å². The Labute approximate surface area is 120 Å². The van der Waals surface area contributed by atoms with Gasteiger partial charge in [0.1, 0.15) is 0 Å². The summed E-state index contributed by atoms with van der Waals surface area (Å²) in [6, 6.07) is 7.65. The first kappa shape index (κ1) is 14.0. The minimum Gasteiger partial charge on any atom is -0.368 e. The Balaban J connectivity index is 2.36. The maximum absolute atomic E-state index is 11.2. The number of nitrogens with two attached hydrogens (primary N) is 1. The number of nitrogens with zero attached hydrogens (tertiary/aromatic N) is 2. The molecule has 0 spiro atoms. The molecule has 5 heteroatoms. The molecule has 0 radical (unpaired) electrons. The molecule has 0 fully saturated rings. The third kappa shape index (κ3) is 2.93. The van der Waals surface area contributed by atoms with E-state index in [0.717, 1.165) is 20.9 Å². The van der Waals surface area contributed by atoms with Crippen LogP contribution in [0.25, 0.3) is 10.9 Å². The van der Waals surface area contributed by atoms with Gasteiger partial charge < -0.3 is 5.73 Å². The SMILES string of the molecule is C[C@H](C(N)=O)N(C)Cc1ccc(Br)c2cccnc12. The molecule has 0 saturated carbocycles. The minimum absolute atomic E-state index is 0.303. The van der Waals surface area contributed by atoms with E-state index in [1.54, 1.807) is 13.1 Å². The molecular weight excluding hydrogens is 306 g/mol. The average Bonchev–Trinajstić information content (AvgIpc) is 2.41. The zero-order valence-electron chi connectivity index (χ0n) is 10.9. The summed E-state index contributed by atoms with van der Waals surface area (Å²) in [6.45, 7) is 2.43. The Hall–Kier alpha value is -1.46. The van der Waals surface area contributed by atoms with E-state index in [1.807, 2.05) is 36.2 Å². The molecule has 1 aromatic heterocycles. The summed E-state index contributed by atoms with van der Waals surface area (Å²) in [5, 5.41) is 1.07. The molecule has 1 amide bonds. The van der Waals surface area contributed by atoms with Gasteiger partial charge in [-0.05, 0) is 31.7 Å². The Bertz CT molecular complexity index is 615. The van der Waals surface area contributed by atoms with E-state index in [9.17, 15) is 4.79 Å². The van der Waals surface area contributed by atoms with E-state index < -0.39 is 0 Å². The van der Waals surface area contributed by atoms with Crippen molar-refractivity contribution in [3.8, 4) is 0 Å². The number of carbonyl (C=O) groups is 1. The van der Waals surface area contributed by atoms with E-state index in [0.29, 0.717) is 6.54 Å². The molecular formula is C14H16BrN3O. The van der Waals surface area contributed by atoms with Crippen LogP contribution in [0.15, 0.2) is 34.9 Å². The number of hydrogen-bond acceptors (Lipinski definition) is 3. The number of fused-ring (bicyclic) bond motifs is 1. The van der Waals surface area contributed by atoms with Crippen LogP contribution in [-0.4, -0.2) is 28.9 Å². The van der Waals surface area contributed by atoms with Crippen LogP contribution in [0.3, 0.4) is 0 Å². The van der Waals surface area contributed by atoms with E-state index in [4.69, 9.17) is 5.73 Å². The van der Waals surface area contributed by atoms with Gasteiger partial charge in [-0.15, -0.1) is 0 Å². The molecule has 0 aliphatic heterocycles. The summed E-state index contributed by atoms with van der Waals surface area (Å²) in [5.41, 5.74) is 7.35. The highest BCUT2D eigenvalue weighted by Crippen LogP contribution is 2.26. The van der Waals surface area contributed by atoms with Gasteiger partial charge in [0.15, 0.2) is 0 Å². The minimum atomic E-state index is -0.322. The summed E-state index contributed by atoms with van der Waals surface area (Å²) in [4.78, 5) is 17.5. The van der Waals surface area contributed by atoms with Crippen molar-refractivity contribution in [2.24, 2.45) is 5.73 Å². The van der Waals surface area contributed by atoms with Gasteiger partial charge in [0, 0.05) is 22.6 Å². The van der Waals surface area contributed by atoms with Crippen molar-refractivity contribution in [1.82, 2.24) is 9.88 Å². The van der Waals surface area contributed by atoms with E-state index in [1.165, 1.54) is 0 Å². The summed E-state index contributed by atoms with van der Waals surface area (Å²) in [7, 11) is 1.88. The number of benzene rings is 1. The summed E-state index contributed by atoms with van der Waals surface area (Å²) >= 11 is 3.52. The molecule has 0 saturated heterocycles. The molecule has 0 aliphatic carbocycles. The van der Waals surface area contributed by atoms with Crippen molar-refractivity contribution in [2.75, 3.05) is 7.05 Å². The van der Waals surface area contributed by atoms with Crippen LogP contribution in [0.2, 0.25) is 0 Å². The highest BCUT2D eigenvalue weighted by atomic mass is 79.9. The largest absolute Gasteiger partial charge is 0.368 e. The van der Waals surface area contributed by atoms with Crippen molar-refractivity contribution in [3.63, 3.8) is 0 Å². The Kier molecular flexibility index (Phi) is 4.17. The molecule has 4 nitrogen and oxygen atoms in total. The molecule has 100 valence electrons. The summed E-state index contributed by atoms with van der Waals surface area (Å²) < 4.78 is 1.02. The standard InChI is InChI=1S/C14H16BrN3O/c1-9(14(16)19)18(2)8-10-5-6-12(15)11-4-3-7-17-13(10)11/h3-7,9H,8H2,1-2H3,(H2,16,19)/t9-/m1/s1. The highest BCUT2D eigenvalue weighted by Gasteiger charge is 2.16. The number of primary amides is 1. The summed E-state index contributed by atoms with van der Waals surface area (Å²) in [6.07, 6.45) is 1.77. The normalized spacial score (nSPS) is 12.8. The average molecular weight is 322 g/mol. The first-order valence-corrected chi connectivity index (χ1v) is 6.81. The van der Waals surface area contributed by atoms with Crippen molar-refractivity contribution in [2.45, 2.75) is 19.5 Å². The number of carbonyl (C=O) groups excluding carboxylic acids is 1. The fourth-order valence-corrected chi connectivity index (χ4v) is 2.40. The van der Waals surface area contributed by atoms with Crippen LogP contribution >= 0.6 is 15.9 Å². The molecule has 0 bridgehead atoms. The maximum Gasteiger partial charge on any atom is 0.234 e. The fraction of sp³-hybridized carbons (Fsp3) is 0.286. The lowest BCUT2D eigenvalue weighted by Gasteiger charge is -2.22. The number of likely N-dealkylation sites (N-methyl/N-ethyl adjacent to an activating group) is 1. The van der Waals surface area contributed by atoms with Crippen LogP contribution in [0.4, 0.5) is 0 Å². The highest BCUT2D eigenvalue weighted by molar-refractivity contribution is 9.10. The Morgan fingerprint density at radius 1 is 1.47 bits per heavy atom. The molecule has 1 heterocycles. The van der Waals surface area contributed by atoms with E-state index >= 15 is 0 Å². The third-order valence-corrected chi connectivity index (χ3v) is 3.98. The van der Waals surface area contributed by atoms with E-state index in [2.05, 4.69) is 20.9 Å². The molecule has 0 aliphatic rings. The monoisotopic (exact) mass is 321 g/mol. The maximum atomic E-state index is 11.2. The second-order valence-electron chi connectivity index (χ2n) is 4.60. The topological polar surface area (TPSA) is 59.2 Å². The van der Waals surface area contributed by atoms with Crippen LogP contribution in [0, 0.1) is 0 Å². The lowest BCUT2D eigenvalue weighted by molar-refractivity contribution is -0.122. The predicted octanol–water partition coefficient (Wildman–Crippen LogP) is 2.30. The molecule has 0 unspecified atom stereocenters. The quantitative estimate of drug-likeness (QED) is 0.940. The van der Waals surface area contributed by atoms with Crippen molar-refractivity contribution < 1.29 is 4.79 Å². The van der Waals surface area contributed by atoms with Gasteiger partial charge in [-0.1, -0.05) is 28.1 Å². The van der Waals surface area contributed by atoms with Gasteiger partial charge in [0.2, 0.25) is 5.91 Å². The van der Waals surface area contributed by atoms with Crippen molar-refractivity contribution >= 4 is 32.7 Å². The molecule has 19 heavy (non-hydrogen) atoms. The number of rotatable bonds is 4. The number of hydrogen-bond donors (Lipinski definition) is 1. The van der Waals surface area contributed by atoms with Gasteiger partial charge >= 0.3 is 0 Å². The number of aromatic nitrogens is 1. The molecule has 1 atom stereocenters. The second kappa shape index (κ2) is 5.67. The first-order chi connectivity index (χ1) is 9.00. The van der Waals surface area contributed by atoms with Crippen LogP contribution < -0.4 is 5.73 Å². The van der Waals surface area contributed by atoms with Gasteiger partial charge in [-0.25, -0.2) is 0 Å². The first-order valence-electron chi connectivity index (χ1n) is 6.02. The van der Waals surface area contributed by atoms with Crippen LogP contribution in [-0.2, 0) is 11.3 Å². The van der Waals surface area contributed by atoms with Gasteiger partial charge in [0.05, 0.1) is 11.6 Å². The number of pyridine rings is 1. The lowest BCUT2D eigenvalue weighted by atomic mass is 10.1. The lowest BCUT2D eigenvalue weighted by Crippen LogP contribution is -2.39. The summed E-state index contributed by atoms with van der Waals surface area (Å²) in [5.74, 6) is -0.322. The Morgan fingerprint density at radius 2 is 2.21 bits per heavy atom. The second-order valence-corrected chi connectivity index (χ2v) is 5.45. The molecule has 2 N–H and O–H groups in total. The predicted molar refractivity (Wildman–Crippen MR) is 79.6 cm³/mol. The van der Waals surface area contributed by atoms with Gasteiger partial charge in [-0.3, -0.25) is 14.7 Å². The zero-order chi connectivity index (χ0) is 14.0.